The number of nitrogen functional groups attached to an aromatic ring is 1. The van der Waals surface area contributed by atoms with E-state index in [0.717, 1.165) is 16.4 Å². The minimum atomic E-state index is -1.56. The summed E-state index contributed by atoms with van der Waals surface area (Å²) in [5.41, 5.74) is 10.9. The molecule has 19 heteroatoms. The monoisotopic (exact) mass is 576 g/mol. The number of aliphatic carboxylic acids is 1. The van der Waals surface area contributed by atoms with Crippen molar-refractivity contribution in [2.75, 3.05) is 18.3 Å². The average molecular weight is 577 g/mol. The van der Waals surface area contributed by atoms with Crippen molar-refractivity contribution in [2.45, 2.75) is 18.0 Å². The van der Waals surface area contributed by atoms with Gasteiger partial charge in [-0.05, 0) is 6.07 Å². The molecule has 0 radical (unpaired) electrons. The van der Waals surface area contributed by atoms with Crippen LogP contribution in [-0.2, 0) is 25.8 Å². The van der Waals surface area contributed by atoms with E-state index in [2.05, 4.69) is 29.8 Å². The minimum absolute atomic E-state index is 0.0220. The molecule has 0 unspecified atom stereocenters. The number of thioether (sulfide) groups is 1. The zero-order valence-electron chi connectivity index (χ0n) is 19.5. The minimum Gasteiger partial charge on any atom is -0.543 e. The van der Waals surface area contributed by atoms with Crippen molar-refractivity contribution in [3.63, 3.8) is 0 Å². The molecule has 2 atom stereocenters. The van der Waals surface area contributed by atoms with Crippen LogP contribution in [0.15, 0.2) is 41.0 Å². The number of rotatable bonds is 9. The first-order chi connectivity index (χ1) is 18.7. The highest BCUT2D eigenvalue weighted by molar-refractivity contribution is 8.00. The first kappa shape index (κ1) is 26.0. The Morgan fingerprint density at radius 2 is 2.15 bits per heavy atom. The van der Waals surface area contributed by atoms with Crippen molar-refractivity contribution >= 4 is 63.5 Å². The molecule has 0 aliphatic carbocycles. The summed E-state index contributed by atoms with van der Waals surface area (Å²) < 4.78 is 19.4. The van der Waals surface area contributed by atoms with Gasteiger partial charge in [0.05, 0.1) is 11.7 Å². The summed E-state index contributed by atoms with van der Waals surface area (Å²) in [6, 6.07) is 1.91. The number of nitrogens with zero attached hydrogens (tertiary/aromatic N) is 7. The van der Waals surface area contributed by atoms with Crippen LogP contribution in [0.25, 0.3) is 5.65 Å². The van der Waals surface area contributed by atoms with Crippen LogP contribution in [-0.4, -0.2) is 77.3 Å². The van der Waals surface area contributed by atoms with E-state index in [1.807, 2.05) is 0 Å². The molecule has 5 rings (SSSR count). The molecular weight excluding hydrogens is 559 g/mol. The average Bonchev–Trinajstić information content (AvgIpc) is 3.52. The fourth-order valence-electron chi connectivity index (χ4n) is 4.07. The van der Waals surface area contributed by atoms with Gasteiger partial charge in [-0.15, -0.1) is 16.3 Å². The number of nitrogens with two attached hydrogens (primary N) is 2. The number of carboxylic acid groups (broad SMARTS) is 1. The van der Waals surface area contributed by atoms with Crippen molar-refractivity contribution in [1.29, 1.82) is 0 Å². The van der Waals surface area contributed by atoms with Gasteiger partial charge in [0.15, 0.2) is 17.0 Å². The summed E-state index contributed by atoms with van der Waals surface area (Å²) in [5, 5.41) is 21.3. The highest BCUT2D eigenvalue weighted by atomic mass is 32.2. The van der Waals surface area contributed by atoms with E-state index < -0.39 is 47.7 Å². The number of hydrogen-bond donors (Lipinski definition) is 3. The second-order valence-corrected chi connectivity index (χ2v) is 9.93. The van der Waals surface area contributed by atoms with Crippen LogP contribution in [0.3, 0.4) is 0 Å². The van der Waals surface area contributed by atoms with Crippen molar-refractivity contribution in [1.82, 2.24) is 29.2 Å². The predicted octanol–water partition coefficient (Wildman–Crippen LogP) is -3.09. The number of hydrogen-bond acceptors (Lipinski definition) is 13. The largest absolute Gasteiger partial charge is 0.543 e. The van der Waals surface area contributed by atoms with E-state index in [1.165, 1.54) is 22.3 Å². The molecule has 202 valence electrons. The first-order valence-corrected chi connectivity index (χ1v) is 12.7. The molecular formula is C20H17FN10O6S2. The molecule has 3 aromatic heterocycles. The molecule has 3 amide bonds. The quantitative estimate of drug-likeness (QED) is 0.100. The maximum atomic E-state index is 13.0. The molecule has 1 fully saturated rings. The summed E-state index contributed by atoms with van der Waals surface area (Å²) >= 11 is 1.99. The number of aromatic nitrogens is 5. The molecule has 5 N–H and O–H groups in total. The van der Waals surface area contributed by atoms with E-state index in [-0.39, 0.29) is 34.6 Å². The van der Waals surface area contributed by atoms with Crippen LogP contribution in [0.2, 0.25) is 0 Å². The second kappa shape index (κ2) is 10.3. The van der Waals surface area contributed by atoms with Gasteiger partial charge < -0.3 is 31.5 Å². The molecule has 39 heavy (non-hydrogen) atoms. The standard InChI is InChI=1S/C20H17FN10O6S2/c21-7-37-27-11(15-25-20(23)39-28-15)16(33)24-12-17(34)31-13(19(35)36)8(6-38-18(12)31)5-29-3-4-30-10(29)2-1-9(26-30)14(22)32/h1-4,12,18H,5-7H2,(H5-,22,23,24,25,28,32,33,35,36)/b27-11-/t12-,18-/m1/s1. The molecule has 2 aliphatic heterocycles. The van der Waals surface area contributed by atoms with Crippen LogP contribution < -0.4 is 26.5 Å². The number of imidazole rings is 1. The third-order valence-corrected chi connectivity index (χ3v) is 7.62. The zero-order valence-corrected chi connectivity index (χ0v) is 21.1. The lowest BCUT2D eigenvalue weighted by Crippen LogP contribution is -2.71. The number of amides is 3. The van der Waals surface area contributed by atoms with Gasteiger partial charge in [0, 0.05) is 28.9 Å². The lowest BCUT2D eigenvalue weighted by atomic mass is 10.0. The highest BCUT2D eigenvalue weighted by Gasteiger charge is 2.53. The number of carbonyl (C=O) groups excluding carboxylic acids is 4. The summed E-state index contributed by atoms with van der Waals surface area (Å²) in [7, 11) is 0. The van der Waals surface area contributed by atoms with Crippen LogP contribution in [0.4, 0.5) is 9.52 Å². The predicted molar refractivity (Wildman–Crippen MR) is 129 cm³/mol. The van der Waals surface area contributed by atoms with Crippen molar-refractivity contribution in [3.05, 3.63) is 47.3 Å². The second-order valence-electron chi connectivity index (χ2n) is 8.05. The Morgan fingerprint density at radius 3 is 2.82 bits per heavy atom. The van der Waals surface area contributed by atoms with Gasteiger partial charge in [0.1, 0.15) is 24.2 Å². The molecule has 1 saturated heterocycles. The van der Waals surface area contributed by atoms with Gasteiger partial charge in [-0.3, -0.25) is 19.3 Å². The lowest BCUT2D eigenvalue weighted by Gasteiger charge is -2.50. The number of halogens is 1. The third-order valence-electron chi connectivity index (χ3n) is 5.74. The molecule has 0 saturated carbocycles. The molecule has 0 bridgehead atoms. The number of carbonyl (C=O) groups is 4. The Kier molecular flexibility index (Phi) is 6.83. The summed E-state index contributed by atoms with van der Waals surface area (Å²) in [6.45, 7) is -1.25. The number of oxime groups is 1. The number of nitrogens with one attached hydrogen (secondary N) is 1. The van der Waals surface area contributed by atoms with Gasteiger partial charge >= 0.3 is 5.65 Å². The van der Waals surface area contributed by atoms with Crippen LogP contribution in [0, 0.1) is 0 Å². The number of primary amides is 1. The van der Waals surface area contributed by atoms with Crippen molar-refractivity contribution < 1.29 is 38.1 Å². The number of alkyl halides is 1. The van der Waals surface area contributed by atoms with Gasteiger partial charge in [-0.2, -0.15) is 9.36 Å². The normalized spacial score (nSPS) is 19.1. The Labute approximate surface area is 225 Å². The Balaban J connectivity index is 1.37. The maximum absolute atomic E-state index is 13.0. The maximum Gasteiger partial charge on any atom is 0.307 e. The topological polar surface area (TPSA) is 227 Å². The molecule has 0 spiro atoms. The third kappa shape index (κ3) is 4.72. The van der Waals surface area contributed by atoms with Crippen molar-refractivity contribution in [3.8, 4) is 0 Å². The first-order valence-electron chi connectivity index (χ1n) is 10.9. The molecule has 0 aromatic carbocycles. The van der Waals surface area contributed by atoms with E-state index in [9.17, 15) is 28.7 Å². The molecule has 3 aromatic rings. The summed E-state index contributed by atoms with van der Waals surface area (Å²) in [6.07, 6.45) is 3.20. The summed E-state index contributed by atoms with van der Waals surface area (Å²) in [5.74, 6) is -3.94. The molecule has 2 aliphatic rings. The zero-order chi connectivity index (χ0) is 27.8. The lowest BCUT2D eigenvalue weighted by molar-refractivity contribution is -0.662. The number of anilines is 1. The van der Waals surface area contributed by atoms with Gasteiger partial charge in [-0.1, -0.05) is 10.3 Å². The Bertz CT molecular complexity index is 1590. The smallest absolute Gasteiger partial charge is 0.307 e. The molecule has 16 nitrogen and oxygen atoms in total. The highest BCUT2D eigenvalue weighted by Crippen LogP contribution is 2.40. The Morgan fingerprint density at radius 1 is 1.36 bits per heavy atom. The summed E-state index contributed by atoms with van der Waals surface area (Å²) in [4.78, 5) is 58.6. The SMILES string of the molecule is NC(=O)c1ccc2n(cc[n+]2CC2=C(C(=O)[O-])N3C(=O)[C@@H](NC(=O)/C(=N\OCF)c4nsc(N)n4)[C@H]3SC2)n1. The van der Waals surface area contributed by atoms with E-state index >= 15 is 0 Å². The van der Waals surface area contributed by atoms with Crippen molar-refractivity contribution in [2.24, 2.45) is 10.9 Å². The van der Waals surface area contributed by atoms with Gasteiger partial charge in [0.2, 0.25) is 11.5 Å². The van der Waals surface area contributed by atoms with Crippen LogP contribution >= 0.6 is 23.3 Å². The molecule has 5 heterocycles. The number of carboxylic acids is 1. The van der Waals surface area contributed by atoms with E-state index in [1.54, 1.807) is 23.0 Å². The fraction of sp³-hybridized carbons (Fsp3) is 0.250. The van der Waals surface area contributed by atoms with Crippen LogP contribution in [0.5, 0.6) is 0 Å². The van der Waals surface area contributed by atoms with Gasteiger partial charge in [-0.25, -0.2) is 8.96 Å². The fourth-order valence-corrected chi connectivity index (χ4v) is 5.84. The van der Waals surface area contributed by atoms with E-state index in [4.69, 9.17) is 11.5 Å². The number of β-lactam (4-membered cyclic amide) rings is 1. The Hall–Kier alpha value is -4.65. The number of fused-ring (bicyclic) bond motifs is 2. The van der Waals surface area contributed by atoms with E-state index in [0.29, 0.717) is 11.2 Å². The van der Waals surface area contributed by atoms with Crippen LogP contribution in [0.1, 0.15) is 16.3 Å². The van der Waals surface area contributed by atoms with Gasteiger partial charge in [0.25, 0.3) is 24.6 Å².